The van der Waals surface area contributed by atoms with Gasteiger partial charge in [0.05, 0.1) is 5.69 Å². The fourth-order valence-electron chi connectivity index (χ4n) is 2.40. The lowest BCUT2D eigenvalue weighted by Gasteiger charge is -2.06. The molecule has 1 N–H and O–H groups in total. The predicted molar refractivity (Wildman–Crippen MR) is 90.6 cm³/mol. The van der Waals surface area contributed by atoms with Gasteiger partial charge in [-0.25, -0.2) is 4.39 Å². The molecule has 0 spiro atoms. The van der Waals surface area contributed by atoms with Gasteiger partial charge in [-0.05, 0) is 41.8 Å². The molecule has 3 aromatic rings. The summed E-state index contributed by atoms with van der Waals surface area (Å²) in [6.45, 7) is 3.73. The number of benzene rings is 2. The second kappa shape index (κ2) is 6.44. The van der Waals surface area contributed by atoms with E-state index in [0.29, 0.717) is 11.3 Å². The molecule has 0 radical (unpaired) electrons. The van der Waals surface area contributed by atoms with Crippen molar-refractivity contribution >= 4 is 0 Å². The Kier molecular flexibility index (Phi) is 4.20. The minimum absolute atomic E-state index is 0.356. The molecule has 0 aliphatic heterocycles. The molecule has 0 atom stereocenters. The molecular formula is C20H16FNO. The summed E-state index contributed by atoms with van der Waals surface area (Å²) < 4.78 is 13.4. The smallest absolute Gasteiger partial charge is 0.165 e. The van der Waals surface area contributed by atoms with Gasteiger partial charge in [0.1, 0.15) is 0 Å². The van der Waals surface area contributed by atoms with Crippen molar-refractivity contribution in [1.29, 1.82) is 0 Å². The van der Waals surface area contributed by atoms with E-state index in [4.69, 9.17) is 0 Å². The number of hydrogen-bond acceptors (Lipinski definition) is 2. The Morgan fingerprint density at radius 3 is 2.26 bits per heavy atom. The third kappa shape index (κ3) is 3.29. The molecule has 0 aliphatic carbocycles. The fraction of sp³-hybridized carbons (Fsp3) is 0.0500. The summed E-state index contributed by atoms with van der Waals surface area (Å²) in [5, 5.41) is 9.24. The van der Waals surface area contributed by atoms with Crippen molar-refractivity contribution in [3.63, 3.8) is 0 Å². The van der Waals surface area contributed by atoms with Crippen molar-refractivity contribution in [3.05, 3.63) is 84.8 Å². The Balaban J connectivity index is 1.86. The largest absolute Gasteiger partial charge is 0.505 e. The lowest BCUT2D eigenvalue weighted by molar-refractivity contribution is 0.432. The van der Waals surface area contributed by atoms with Crippen LogP contribution in [0, 0.1) is 5.82 Å². The Bertz CT molecular complexity index is 823. The van der Waals surface area contributed by atoms with E-state index in [1.54, 1.807) is 12.3 Å². The molecule has 0 fully saturated rings. The van der Waals surface area contributed by atoms with E-state index in [9.17, 15) is 9.50 Å². The molecule has 2 aromatic carbocycles. The maximum atomic E-state index is 13.4. The van der Waals surface area contributed by atoms with Crippen molar-refractivity contribution in [2.24, 2.45) is 0 Å². The van der Waals surface area contributed by atoms with Crippen molar-refractivity contribution in [1.82, 2.24) is 4.98 Å². The van der Waals surface area contributed by atoms with Gasteiger partial charge < -0.3 is 5.11 Å². The van der Waals surface area contributed by atoms with Crippen LogP contribution in [-0.4, -0.2) is 10.1 Å². The first-order chi connectivity index (χ1) is 11.2. The summed E-state index contributed by atoms with van der Waals surface area (Å²) >= 11 is 0. The van der Waals surface area contributed by atoms with Crippen LogP contribution in [0.1, 0.15) is 5.56 Å². The molecule has 3 heteroatoms. The second-order valence-corrected chi connectivity index (χ2v) is 5.29. The quantitative estimate of drug-likeness (QED) is 0.689. The molecule has 3 rings (SSSR count). The molecule has 0 amide bonds. The SMILES string of the molecule is C=CCc1ccc(-c2ccc(-c3ccc(O)c(F)c3)nc2)cc1. The number of hydrogen-bond donors (Lipinski definition) is 1. The van der Waals surface area contributed by atoms with E-state index >= 15 is 0 Å². The van der Waals surface area contributed by atoms with Crippen LogP contribution in [0.5, 0.6) is 5.75 Å². The number of rotatable bonds is 4. The number of pyridine rings is 1. The topological polar surface area (TPSA) is 33.1 Å². The van der Waals surface area contributed by atoms with Crippen molar-refractivity contribution in [2.75, 3.05) is 0 Å². The lowest BCUT2D eigenvalue weighted by Crippen LogP contribution is -1.87. The Labute approximate surface area is 134 Å². The number of nitrogens with zero attached hydrogens (tertiary/aromatic N) is 1. The number of phenolic OH excluding ortho intramolecular Hbond substituents is 1. The molecule has 1 aromatic heterocycles. The van der Waals surface area contributed by atoms with E-state index in [1.165, 1.54) is 17.7 Å². The molecule has 0 bridgehead atoms. The van der Waals surface area contributed by atoms with Gasteiger partial charge in [-0.2, -0.15) is 0 Å². The van der Waals surface area contributed by atoms with Gasteiger partial charge >= 0.3 is 0 Å². The van der Waals surface area contributed by atoms with Crippen molar-refractivity contribution in [3.8, 4) is 28.1 Å². The average Bonchev–Trinajstić information content (AvgIpc) is 2.59. The van der Waals surface area contributed by atoms with Crippen LogP contribution in [0.4, 0.5) is 4.39 Å². The zero-order valence-electron chi connectivity index (χ0n) is 12.5. The maximum Gasteiger partial charge on any atom is 0.165 e. The van der Waals surface area contributed by atoms with E-state index < -0.39 is 5.82 Å². The first-order valence-corrected chi connectivity index (χ1v) is 7.32. The summed E-state index contributed by atoms with van der Waals surface area (Å²) in [5.41, 5.74) is 4.59. The molecule has 0 saturated heterocycles. The number of aromatic nitrogens is 1. The zero-order chi connectivity index (χ0) is 16.2. The normalized spacial score (nSPS) is 10.5. The Morgan fingerprint density at radius 2 is 1.65 bits per heavy atom. The highest BCUT2D eigenvalue weighted by Crippen LogP contribution is 2.26. The number of allylic oxidation sites excluding steroid dienone is 1. The van der Waals surface area contributed by atoms with Crippen molar-refractivity contribution < 1.29 is 9.50 Å². The summed E-state index contributed by atoms with van der Waals surface area (Å²) in [6.07, 6.45) is 4.49. The molecule has 114 valence electrons. The van der Waals surface area contributed by atoms with Crippen LogP contribution in [0.3, 0.4) is 0 Å². The summed E-state index contributed by atoms with van der Waals surface area (Å²) in [5.74, 6) is -1.00. The maximum absolute atomic E-state index is 13.4. The monoisotopic (exact) mass is 305 g/mol. The minimum Gasteiger partial charge on any atom is -0.505 e. The summed E-state index contributed by atoms with van der Waals surface area (Å²) in [4.78, 5) is 4.39. The molecule has 1 heterocycles. The first kappa shape index (κ1) is 15.0. The zero-order valence-corrected chi connectivity index (χ0v) is 12.5. The second-order valence-electron chi connectivity index (χ2n) is 5.29. The van der Waals surface area contributed by atoms with E-state index in [1.807, 2.05) is 18.2 Å². The van der Waals surface area contributed by atoms with Crippen LogP contribution in [0.15, 0.2) is 73.4 Å². The van der Waals surface area contributed by atoms with Crippen molar-refractivity contribution in [2.45, 2.75) is 6.42 Å². The van der Waals surface area contributed by atoms with Gasteiger partial charge in [0.25, 0.3) is 0 Å². The molecule has 23 heavy (non-hydrogen) atoms. The molecule has 0 unspecified atom stereocenters. The van der Waals surface area contributed by atoms with Gasteiger partial charge in [-0.1, -0.05) is 36.4 Å². The van der Waals surface area contributed by atoms with E-state index in [-0.39, 0.29) is 5.75 Å². The predicted octanol–water partition coefficient (Wildman–Crippen LogP) is 4.99. The van der Waals surface area contributed by atoms with Crippen LogP contribution in [0.2, 0.25) is 0 Å². The van der Waals surface area contributed by atoms with Gasteiger partial charge in [-0.3, -0.25) is 4.98 Å². The van der Waals surface area contributed by atoms with Crippen LogP contribution in [0.25, 0.3) is 22.4 Å². The minimum atomic E-state index is -0.647. The highest BCUT2D eigenvalue weighted by Gasteiger charge is 2.06. The molecule has 0 saturated carbocycles. The number of aromatic hydroxyl groups is 1. The standard InChI is InChI=1S/C20H16FNO/c1-2-3-14-4-6-15(7-5-14)17-8-10-19(22-13-17)16-9-11-20(23)18(21)12-16/h2,4-13,23H,1,3H2. The molecular weight excluding hydrogens is 289 g/mol. The van der Waals surface area contributed by atoms with Crippen LogP contribution >= 0.6 is 0 Å². The summed E-state index contributed by atoms with van der Waals surface area (Å²) in [7, 11) is 0. The average molecular weight is 305 g/mol. The Morgan fingerprint density at radius 1 is 0.957 bits per heavy atom. The fourth-order valence-corrected chi connectivity index (χ4v) is 2.40. The van der Waals surface area contributed by atoms with Gasteiger partial charge in [0.2, 0.25) is 0 Å². The number of halogens is 1. The highest BCUT2D eigenvalue weighted by atomic mass is 19.1. The van der Waals surface area contributed by atoms with Crippen LogP contribution in [-0.2, 0) is 6.42 Å². The third-order valence-corrected chi connectivity index (χ3v) is 3.67. The lowest BCUT2D eigenvalue weighted by atomic mass is 10.0. The first-order valence-electron chi connectivity index (χ1n) is 7.32. The number of phenols is 1. The van der Waals surface area contributed by atoms with Gasteiger partial charge in [0.15, 0.2) is 11.6 Å². The van der Waals surface area contributed by atoms with Gasteiger partial charge in [0, 0.05) is 17.3 Å². The molecule has 2 nitrogen and oxygen atoms in total. The van der Waals surface area contributed by atoms with E-state index in [2.05, 4.69) is 35.8 Å². The van der Waals surface area contributed by atoms with Gasteiger partial charge in [-0.15, -0.1) is 6.58 Å². The Hall–Kier alpha value is -2.94. The van der Waals surface area contributed by atoms with E-state index in [0.717, 1.165) is 17.5 Å². The highest BCUT2D eigenvalue weighted by molar-refractivity contribution is 5.67. The van der Waals surface area contributed by atoms with Crippen LogP contribution < -0.4 is 0 Å². The third-order valence-electron chi connectivity index (χ3n) is 3.67. The molecule has 0 aliphatic rings. The summed E-state index contributed by atoms with van der Waals surface area (Å²) in [6, 6.07) is 16.3.